The molecule has 1 saturated carbocycles. The summed E-state index contributed by atoms with van der Waals surface area (Å²) in [4.78, 5) is 0.810. The molecule has 2 rings (SSSR count). The molecule has 0 aromatic heterocycles. The Balaban J connectivity index is 1.72. The highest BCUT2D eigenvalue weighted by Gasteiger charge is 2.26. The second-order valence-corrected chi connectivity index (χ2v) is 5.54. The van der Waals surface area contributed by atoms with Crippen molar-refractivity contribution in [1.29, 1.82) is 0 Å². The molecule has 1 nitrogen and oxygen atoms in total. The van der Waals surface area contributed by atoms with E-state index in [0.29, 0.717) is 0 Å². The average molecular weight is 233 g/mol. The number of rotatable bonds is 2. The molecule has 3 unspecified atom stereocenters. The van der Waals surface area contributed by atoms with E-state index in [-0.39, 0.29) is 0 Å². The van der Waals surface area contributed by atoms with E-state index in [0.717, 1.165) is 29.9 Å². The van der Waals surface area contributed by atoms with Gasteiger partial charge in [0.05, 0.1) is 0 Å². The highest BCUT2D eigenvalue weighted by molar-refractivity contribution is 9.09. The standard InChI is InChI=1S/C10H17BrO/c11-10-2-1-8(6-10)5-9-3-4-12-7-9/h8-10H,1-7H2. The van der Waals surface area contributed by atoms with Gasteiger partial charge in [-0.25, -0.2) is 0 Å². The van der Waals surface area contributed by atoms with Gasteiger partial charge in [-0.1, -0.05) is 15.9 Å². The number of halogens is 1. The minimum Gasteiger partial charge on any atom is -0.381 e. The van der Waals surface area contributed by atoms with Crippen LogP contribution in [0.2, 0.25) is 0 Å². The van der Waals surface area contributed by atoms with Gasteiger partial charge in [-0.05, 0) is 43.9 Å². The second kappa shape index (κ2) is 4.10. The number of ether oxygens (including phenoxy) is 1. The first-order valence-electron chi connectivity index (χ1n) is 5.06. The first kappa shape index (κ1) is 9.01. The average Bonchev–Trinajstić information content (AvgIpc) is 2.63. The van der Waals surface area contributed by atoms with Gasteiger partial charge in [0.1, 0.15) is 0 Å². The van der Waals surface area contributed by atoms with E-state index in [1.165, 1.54) is 32.1 Å². The minimum atomic E-state index is 0.810. The first-order valence-corrected chi connectivity index (χ1v) is 5.98. The first-order chi connectivity index (χ1) is 5.84. The van der Waals surface area contributed by atoms with Crippen LogP contribution in [0, 0.1) is 11.8 Å². The Labute approximate surface area is 83.0 Å². The molecule has 0 aromatic carbocycles. The molecule has 1 aliphatic carbocycles. The minimum absolute atomic E-state index is 0.810. The predicted molar refractivity (Wildman–Crippen MR) is 53.6 cm³/mol. The molecule has 1 aliphatic heterocycles. The fraction of sp³-hybridized carbons (Fsp3) is 1.00. The summed E-state index contributed by atoms with van der Waals surface area (Å²) in [6, 6.07) is 0. The Hall–Kier alpha value is 0.440. The van der Waals surface area contributed by atoms with Gasteiger partial charge < -0.3 is 4.74 Å². The zero-order valence-electron chi connectivity index (χ0n) is 7.47. The molecule has 0 spiro atoms. The van der Waals surface area contributed by atoms with Crippen LogP contribution >= 0.6 is 15.9 Å². The van der Waals surface area contributed by atoms with Gasteiger partial charge in [0.25, 0.3) is 0 Å². The van der Waals surface area contributed by atoms with Crippen molar-refractivity contribution in [2.45, 2.75) is 36.9 Å². The molecule has 2 heteroatoms. The Kier molecular flexibility index (Phi) is 3.08. The summed E-state index contributed by atoms with van der Waals surface area (Å²) in [5.41, 5.74) is 0. The van der Waals surface area contributed by atoms with Crippen molar-refractivity contribution in [3.05, 3.63) is 0 Å². The van der Waals surface area contributed by atoms with E-state index in [9.17, 15) is 0 Å². The van der Waals surface area contributed by atoms with Gasteiger partial charge in [-0.2, -0.15) is 0 Å². The smallest absolute Gasteiger partial charge is 0.0495 e. The Bertz CT molecular complexity index is 143. The largest absolute Gasteiger partial charge is 0.381 e. The fourth-order valence-corrected chi connectivity index (χ4v) is 3.26. The van der Waals surface area contributed by atoms with E-state index < -0.39 is 0 Å². The van der Waals surface area contributed by atoms with E-state index in [2.05, 4.69) is 15.9 Å². The van der Waals surface area contributed by atoms with E-state index in [1.54, 1.807) is 0 Å². The molecule has 0 N–H and O–H groups in total. The molecule has 0 bridgehead atoms. The van der Waals surface area contributed by atoms with Gasteiger partial charge in [0.15, 0.2) is 0 Å². The van der Waals surface area contributed by atoms with Gasteiger partial charge in [0.2, 0.25) is 0 Å². The zero-order valence-corrected chi connectivity index (χ0v) is 9.05. The lowest BCUT2D eigenvalue weighted by atomic mass is 9.93. The van der Waals surface area contributed by atoms with Crippen LogP contribution in [-0.2, 0) is 4.74 Å². The maximum absolute atomic E-state index is 5.38. The molecule has 0 amide bonds. The lowest BCUT2D eigenvalue weighted by Gasteiger charge is -2.13. The Morgan fingerprint density at radius 2 is 2.08 bits per heavy atom. The van der Waals surface area contributed by atoms with Crippen LogP contribution in [0.25, 0.3) is 0 Å². The highest BCUT2D eigenvalue weighted by atomic mass is 79.9. The van der Waals surface area contributed by atoms with Crippen LogP contribution in [0.5, 0.6) is 0 Å². The molecular weight excluding hydrogens is 216 g/mol. The Morgan fingerprint density at radius 1 is 1.17 bits per heavy atom. The number of hydrogen-bond donors (Lipinski definition) is 0. The topological polar surface area (TPSA) is 9.23 Å². The summed E-state index contributed by atoms with van der Waals surface area (Å²) in [6.07, 6.45) is 6.95. The van der Waals surface area contributed by atoms with Crippen molar-refractivity contribution in [1.82, 2.24) is 0 Å². The summed E-state index contributed by atoms with van der Waals surface area (Å²) < 4.78 is 5.38. The van der Waals surface area contributed by atoms with Crippen LogP contribution < -0.4 is 0 Å². The van der Waals surface area contributed by atoms with Crippen molar-refractivity contribution in [2.24, 2.45) is 11.8 Å². The Morgan fingerprint density at radius 3 is 2.67 bits per heavy atom. The van der Waals surface area contributed by atoms with Crippen LogP contribution in [0.1, 0.15) is 32.1 Å². The third kappa shape index (κ3) is 2.23. The lowest BCUT2D eigenvalue weighted by Crippen LogP contribution is -2.06. The maximum atomic E-state index is 5.38. The summed E-state index contributed by atoms with van der Waals surface area (Å²) in [5, 5.41) is 0. The van der Waals surface area contributed by atoms with Crippen molar-refractivity contribution >= 4 is 15.9 Å². The molecule has 2 aliphatic rings. The van der Waals surface area contributed by atoms with Crippen molar-refractivity contribution in [2.75, 3.05) is 13.2 Å². The maximum Gasteiger partial charge on any atom is 0.0495 e. The monoisotopic (exact) mass is 232 g/mol. The summed E-state index contributed by atoms with van der Waals surface area (Å²) in [7, 11) is 0. The molecule has 70 valence electrons. The van der Waals surface area contributed by atoms with E-state index in [4.69, 9.17) is 4.74 Å². The second-order valence-electron chi connectivity index (χ2n) is 4.24. The highest BCUT2D eigenvalue weighted by Crippen LogP contribution is 2.36. The summed E-state index contributed by atoms with van der Waals surface area (Å²) in [6.45, 7) is 2.04. The van der Waals surface area contributed by atoms with Gasteiger partial charge >= 0.3 is 0 Å². The lowest BCUT2D eigenvalue weighted by molar-refractivity contribution is 0.180. The van der Waals surface area contributed by atoms with Crippen molar-refractivity contribution in [3.63, 3.8) is 0 Å². The normalized spacial score (nSPS) is 42.2. The number of alkyl halides is 1. The van der Waals surface area contributed by atoms with Crippen LogP contribution in [0.4, 0.5) is 0 Å². The quantitative estimate of drug-likeness (QED) is 0.666. The predicted octanol–water partition coefficient (Wildman–Crippen LogP) is 2.98. The molecule has 2 fully saturated rings. The van der Waals surface area contributed by atoms with Crippen LogP contribution in [0.15, 0.2) is 0 Å². The summed E-state index contributed by atoms with van der Waals surface area (Å²) >= 11 is 3.70. The van der Waals surface area contributed by atoms with E-state index >= 15 is 0 Å². The molecule has 1 saturated heterocycles. The molecule has 0 aromatic rings. The van der Waals surface area contributed by atoms with Crippen LogP contribution in [-0.4, -0.2) is 18.0 Å². The summed E-state index contributed by atoms with van der Waals surface area (Å²) in [5.74, 6) is 1.87. The van der Waals surface area contributed by atoms with Crippen molar-refractivity contribution in [3.8, 4) is 0 Å². The molecular formula is C10H17BrO. The molecule has 0 radical (unpaired) electrons. The zero-order chi connectivity index (χ0) is 8.39. The molecule has 3 atom stereocenters. The van der Waals surface area contributed by atoms with Gasteiger partial charge in [-0.15, -0.1) is 0 Å². The molecule has 1 heterocycles. The van der Waals surface area contributed by atoms with E-state index in [1.807, 2.05) is 0 Å². The number of hydrogen-bond acceptors (Lipinski definition) is 1. The van der Waals surface area contributed by atoms with Crippen LogP contribution in [0.3, 0.4) is 0 Å². The third-order valence-corrected chi connectivity index (χ3v) is 4.00. The third-order valence-electron chi connectivity index (χ3n) is 3.17. The molecule has 12 heavy (non-hydrogen) atoms. The SMILES string of the molecule is BrC1CCC(CC2CCOC2)C1. The van der Waals surface area contributed by atoms with Gasteiger partial charge in [0, 0.05) is 18.0 Å². The fourth-order valence-electron chi connectivity index (χ4n) is 2.47. The van der Waals surface area contributed by atoms with Gasteiger partial charge in [-0.3, -0.25) is 0 Å². The van der Waals surface area contributed by atoms with Crippen molar-refractivity contribution < 1.29 is 4.74 Å².